The van der Waals surface area contributed by atoms with Crippen molar-refractivity contribution in [1.29, 1.82) is 0 Å². The Morgan fingerprint density at radius 1 is 1.04 bits per heavy atom. The molecule has 0 radical (unpaired) electrons. The van der Waals surface area contributed by atoms with E-state index in [0.717, 1.165) is 23.4 Å². The number of anilines is 1. The van der Waals surface area contributed by atoms with Crippen molar-refractivity contribution >= 4 is 11.6 Å². The molecule has 2 N–H and O–H groups in total. The van der Waals surface area contributed by atoms with Gasteiger partial charge in [0.15, 0.2) is 0 Å². The SMILES string of the molecule is C[C@H](Nc1ccc2c(c1)CCC2)C(=O)NC12CC3CC(CC(C3)C1)C2. The second kappa shape index (κ2) is 5.75. The van der Waals surface area contributed by atoms with Crippen molar-refractivity contribution in [1.82, 2.24) is 5.32 Å². The molecule has 5 aliphatic carbocycles. The van der Waals surface area contributed by atoms with Crippen LogP contribution in [0.1, 0.15) is 63.0 Å². The topological polar surface area (TPSA) is 41.1 Å². The van der Waals surface area contributed by atoms with E-state index in [1.807, 2.05) is 6.92 Å². The van der Waals surface area contributed by atoms with Gasteiger partial charge in [-0.3, -0.25) is 4.79 Å². The molecule has 3 heteroatoms. The van der Waals surface area contributed by atoms with E-state index in [4.69, 9.17) is 0 Å². The molecule has 0 aromatic heterocycles. The number of benzene rings is 1. The fourth-order valence-electron chi connectivity index (χ4n) is 6.61. The molecule has 25 heavy (non-hydrogen) atoms. The second-order valence-corrected chi connectivity index (χ2v) is 9.39. The molecule has 6 rings (SSSR count). The smallest absolute Gasteiger partial charge is 0.242 e. The van der Waals surface area contributed by atoms with Gasteiger partial charge >= 0.3 is 0 Å². The first-order valence-electron chi connectivity index (χ1n) is 10.3. The maximum Gasteiger partial charge on any atom is 0.242 e. The molecule has 3 nitrogen and oxygen atoms in total. The zero-order chi connectivity index (χ0) is 17.0. The van der Waals surface area contributed by atoms with Crippen LogP contribution in [0.5, 0.6) is 0 Å². The fourth-order valence-corrected chi connectivity index (χ4v) is 6.61. The Labute approximate surface area is 151 Å². The third kappa shape index (κ3) is 2.86. The predicted molar refractivity (Wildman–Crippen MR) is 101 cm³/mol. The number of aryl methyl sites for hydroxylation is 2. The summed E-state index contributed by atoms with van der Waals surface area (Å²) in [7, 11) is 0. The van der Waals surface area contributed by atoms with Crippen molar-refractivity contribution in [2.75, 3.05) is 5.32 Å². The first-order valence-corrected chi connectivity index (χ1v) is 10.3. The third-order valence-corrected chi connectivity index (χ3v) is 7.30. The lowest BCUT2D eigenvalue weighted by Crippen LogP contribution is -2.61. The Kier molecular flexibility index (Phi) is 3.62. The molecule has 0 spiro atoms. The number of carbonyl (C=O) groups excluding carboxylic acids is 1. The lowest BCUT2D eigenvalue weighted by atomic mass is 9.53. The summed E-state index contributed by atoms with van der Waals surface area (Å²) in [6, 6.07) is 6.44. The minimum Gasteiger partial charge on any atom is -0.374 e. The van der Waals surface area contributed by atoms with Crippen LogP contribution in [0.25, 0.3) is 0 Å². The molecule has 1 atom stereocenters. The molecule has 0 unspecified atom stereocenters. The Bertz CT molecular complexity index is 660. The number of carbonyl (C=O) groups is 1. The van der Waals surface area contributed by atoms with Crippen molar-refractivity contribution in [3.63, 3.8) is 0 Å². The highest BCUT2D eigenvalue weighted by Crippen LogP contribution is 2.55. The van der Waals surface area contributed by atoms with Crippen molar-refractivity contribution in [3.05, 3.63) is 29.3 Å². The minimum atomic E-state index is -0.174. The van der Waals surface area contributed by atoms with Crippen LogP contribution in [0.4, 0.5) is 5.69 Å². The Balaban J connectivity index is 1.25. The van der Waals surface area contributed by atoms with Gasteiger partial charge in [-0.2, -0.15) is 0 Å². The number of fused-ring (bicyclic) bond motifs is 1. The van der Waals surface area contributed by atoms with Gasteiger partial charge < -0.3 is 10.6 Å². The monoisotopic (exact) mass is 338 g/mol. The van der Waals surface area contributed by atoms with Crippen molar-refractivity contribution in [3.8, 4) is 0 Å². The van der Waals surface area contributed by atoms with Gasteiger partial charge in [0.1, 0.15) is 6.04 Å². The zero-order valence-electron chi connectivity index (χ0n) is 15.3. The molecular weight excluding hydrogens is 308 g/mol. The molecule has 1 aromatic rings. The lowest BCUT2D eigenvalue weighted by molar-refractivity contribution is -0.127. The summed E-state index contributed by atoms with van der Waals surface area (Å²) >= 11 is 0. The Morgan fingerprint density at radius 3 is 2.36 bits per heavy atom. The number of hydrogen-bond donors (Lipinski definition) is 2. The van der Waals surface area contributed by atoms with Crippen LogP contribution in [0.3, 0.4) is 0 Å². The van der Waals surface area contributed by atoms with Crippen LogP contribution in [-0.2, 0) is 17.6 Å². The van der Waals surface area contributed by atoms with Gasteiger partial charge in [-0.25, -0.2) is 0 Å². The highest BCUT2D eigenvalue weighted by atomic mass is 16.2. The van der Waals surface area contributed by atoms with Gasteiger partial charge in [-0.15, -0.1) is 0 Å². The molecule has 0 heterocycles. The molecule has 4 bridgehead atoms. The minimum absolute atomic E-state index is 0.111. The molecule has 0 aliphatic heterocycles. The molecule has 0 saturated heterocycles. The molecule has 134 valence electrons. The summed E-state index contributed by atoms with van der Waals surface area (Å²) in [6.45, 7) is 2.00. The van der Waals surface area contributed by atoms with Crippen LogP contribution < -0.4 is 10.6 Å². The molecule has 4 saturated carbocycles. The average molecular weight is 338 g/mol. The summed E-state index contributed by atoms with van der Waals surface area (Å²) in [5.41, 5.74) is 4.14. The van der Waals surface area contributed by atoms with Crippen LogP contribution in [-0.4, -0.2) is 17.5 Å². The molecular formula is C22H30N2O. The maximum atomic E-state index is 12.9. The maximum absolute atomic E-state index is 12.9. The van der Waals surface area contributed by atoms with Gasteiger partial charge in [0.2, 0.25) is 5.91 Å². The Morgan fingerprint density at radius 2 is 1.68 bits per heavy atom. The van der Waals surface area contributed by atoms with E-state index < -0.39 is 0 Å². The molecule has 1 aromatic carbocycles. The van der Waals surface area contributed by atoms with Crippen LogP contribution >= 0.6 is 0 Å². The zero-order valence-corrected chi connectivity index (χ0v) is 15.3. The van der Waals surface area contributed by atoms with Crippen LogP contribution in [0.2, 0.25) is 0 Å². The standard InChI is InChI=1S/C22H30N2O/c1-14(23-20-6-5-18-3-2-4-19(18)10-20)21(25)24-22-11-15-7-16(12-22)9-17(8-15)13-22/h5-6,10,14-17,23H,2-4,7-9,11-13H2,1H3,(H,24,25)/t14-,15?,16?,17?,22?/m0/s1. The highest BCUT2D eigenvalue weighted by molar-refractivity contribution is 5.85. The summed E-state index contributed by atoms with van der Waals surface area (Å²) in [5, 5.41) is 6.94. The van der Waals surface area contributed by atoms with E-state index in [0.29, 0.717) is 0 Å². The van der Waals surface area contributed by atoms with E-state index in [1.165, 1.54) is 68.9 Å². The normalized spacial score (nSPS) is 36.1. The second-order valence-electron chi connectivity index (χ2n) is 9.39. The van der Waals surface area contributed by atoms with E-state index in [1.54, 1.807) is 0 Å². The molecule has 1 amide bonds. The van der Waals surface area contributed by atoms with Gasteiger partial charge in [0.05, 0.1) is 0 Å². The summed E-state index contributed by atoms with van der Waals surface area (Å²) in [4.78, 5) is 12.9. The summed E-state index contributed by atoms with van der Waals surface area (Å²) in [6.07, 6.45) is 11.5. The first-order chi connectivity index (χ1) is 12.1. The highest BCUT2D eigenvalue weighted by Gasteiger charge is 2.51. The average Bonchev–Trinajstić information content (AvgIpc) is 3.00. The van der Waals surface area contributed by atoms with Crippen LogP contribution in [0.15, 0.2) is 18.2 Å². The van der Waals surface area contributed by atoms with E-state index in [-0.39, 0.29) is 17.5 Å². The molecule has 5 aliphatic rings. The van der Waals surface area contributed by atoms with E-state index in [2.05, 4.69) is 28.8 Å². The third-order valence-electron chi connectivity index (χ3n) is 7.30. The fraction of sp³-hybridized carbons (Fsp3) is 0.682. The van der Waals surface area contributed by atoms with Gasteiger partial charge in [-0.1, -0.05) is 6.07 Å². The molecule has 4 fully saturated rings. The summed E-state index contributed by atoms with van der Waals surface area (Å²) in [5.74, 6) is 2.78. The quantitative estimate of drug-likeness (QED) is 0.869. The van der Waals surface area contributed by atoms with Crippen molar-refractivity contribution in [2.24, 2.45) is 17.8 Å². The predicted octanol–water partition coefficient (Wildman–Crippen LogP) is 4.06. The van der Waals surface area contributed by atoms with Gasteiger partial charge in [0.25, 0.3) is 0 Å². The largest absolute Gasteiger partial charge is 0.374 e. The van der Waals surface area contributed by atoms with Crippen molar-refractivity contribution in [2.45, 2.75) is 76.3 Å². The number of amides is 1. The van der Waals surface area contributed by atoms with E-state index >= 15 is 0 Å². The lowest BCUT2D eigenvalue weighted by Gasteiger charge is -2.57. The summed E-state index contributed by atoms with van der Waals surface area (Å²) < 4.78 is 0. The first kappa shape index (κ1) is 15.7. The van der Waals surface area contributed by atoms with E-state index in [9.17, 15) is 4.79 Å². The number of hydrogen-bond acceptors (Lipinski definition) is 2. The number of rotatable bonds is 4. The van der Waals surface area contributed by atoms with Crippen molar-refractivity contribution < 1.29 is 4.79 Å². The van der Waals surface area contributed by atoms with Gasteiger partial charge in [0, 0.05) is 11.2 Å². The number of nitrogens with one attached hydrogen (secondary N) is 2. The van der Waals surface area contributed by atoms with Gasteiger partial charge in [-0.05, 0) is 106 Å². The van der Waals surface area contributed by atoms with Crippen LogP contribution in [0, 0.1) is 17.8 Å². The Hall–Kier alpha value is -1.51.